The van der Waals surface area contributed by atoms with Gasteiger partial charge >= 0.3 is 0 Å². The van der Waals surface area contributed by atoms with E-state index < -0.39 is 6.04 Å². The molecule has 1 N–H and O–H groups in total. The van der Waals surface area contributed by atoms with E-state index in [9.17, 15) is 9.59 Å². The van der Waals surface area contributed by atoms with Gasteiger partial charge < -0.3 is 24.6 Å². The predicted octanol–water partition coefficient (Wildman–Crippen LogP) is 1.29. The van der Waals surface area contributed by atoms with Gasteiger partial charge in [-0.2, -0.15) is 0 Å². The molecule has 1 aliphatic rings. The number of benzene rings is 1. The Hall–Kier alpha value is -1.77. The van der Waals surface area contributed by atoms with E-state index in [0.29, 0.717) is 37.0 Å². The third-order valence-corrected chi connectivity index (χ3v) is 5.34. The van der Waals surface area contributed by atoms with Crippen LogP contribution in [0, 0.1) is 0 Å². The Balaban J connectivity index is 1.87. The average molecular weight is 396 g/mol. The number of thioether (sulfide) groups is 1. The third kappa shape index (κ3) is 6.41. The van der Waals surface area contributed by atoms with Crippen LogP contribution in [-0.4, -0.2) is 86.3 Å². The number of nitrogens with zero attached hydrogens (tertiary/aromatic N) is 2. The number of rotatable bonds is 10. The summed E-state index contributed by atoms with van der Waals surface area (Å²) in [7, 11) is 3.65. The van der Waals surface area contributed by atoms with Gasteiger partial charge in [-0.1, -0.05) is 0 Å². The molecule has 2 rings (SSSR count). The lowest BCUT2D eigenvalue weighted by atomic mass is 10.1. The molecule has 0 aliphatic carbocycles. The molecular weight excluding hydrogens is 366 g/mol. The number of hydrogen-bond donors (Lipinski definition) is 1. The number of amides is 2. The molecule has 27 heavy (non-hydrogen) atoms. The van der Waals surface area contributed by atoms with E-state index in [1.165, 1.54) is 0 Å². The first-order valence-electron chi connectivity index (χ1n) is 9.13. The quantitative estimate of drug-likeness (QED) is 0.644. The van der Waals surface area contributed by atoms with Crippen LogP contribution in [0.2, 0.25) is 0 Å². The molecule has 1 fully saturated rings. The number of carbonyl (C=O) groups excluding carboxylic acids is 2. The molecule has 1 aromatic rings. The maximum Gasteiger partial charge on any atom is 0.255 e. The molecule has 0 radical (unpaired) electrons. The minimum Gasteiger partial charge on any atom is -0.494 e. The van der Waals surface area contributed by atoms with Crippen molar-refractivity contribution in [3.8, 4) is 5.75 Å². The van der Waals surface area contributed by atoms with E-state index in [-0.39, 0.29) is 11.8 Å². The average Bonchev–Trinajstić information content (AvgIpc) is 3.16. The zero-order valence-corrected chi connectivity index (χ0v) is 17.1. The molecule has 1 aromatic carbocycles. The summed E-state index contributed by atoms with van der Waals surface area (Å²) in [6.45, 7) is 5.26. The summed E-state index contributed by atoms with van der Waals surface area (Å²) >= 11 is 1.60. The lowest BCUT2D eigenvalue weighted by molar-refractivity contribution is -0.124. The van der Waals surface area contributed by atoms with E-state index in [1.807, 2.05) is 14.0 Å². The Bertz CT molecular complexity index is 611. The van der Waals surface area contributed by atoms with Gasteiger partial charge in [0.1, 0.15) is 11.8 Å². The van der Waals surface area contributed by atoms with Crippen molar-refractivity contribution in [1.29, 1.82) is 0 Å². The van der Waals surface area contributed by atoms with E-state index in [4.69, 9.17) is 9.47 Å². The highest BCUT2D eigenvalue weighted by Crippen LogP contribution is 2.24. The molecule has 0 spiro atoms. The molecule has 2 amide bonds. The molecule has 0 aromatic heterocycles. The predicted molar refractivity (Wildman–Crippen MR) is 107 cm³/mol. The summed E-state index contributed by atoms with van der Waals surface area (Å²) in [5.74, 6) is 1.66. The van der Waals surface area contributed by atoms with Gasteiger partial charge in [0.05, 0.1) is 19.1 Å². The van der Waals surface area contributed by atoms with E-state index >= 15 is 0 Å². The van der Waals surface area contributed by atoms with Gasteiger partial charge in [-0.25, -0.2) is 0 Å². The highest BCUT2D eigenvalue weighted by Gasteiger charge is 2.34. The molecule has 0 saturated carbocycles. The van der Waals surface area contributed by atoms with Gasteiger partial charge in [0.15, 0.2) is 0 Å². The molecule has 1 saturated heterocycles. The van der Waals surface area contributed by atoms with Crippen molar-refractivity contribution in [3.63, 3.8) is 0 Å². The van der Waals surface area contributed by atoms with Gasteiger partial charge in [-0.3, -0.25) is 9.59 Å². The maximum absolute atomic E-state index is 12.8. The maximum atomic E-state index is 12.8. The minimum atomic E-state index is -0.432. The van der Waals surface area contributed by atoms with Crippen LogP contribution < -0.4 is 10.1 Å². The molecule has 1 unspecified atom stereocenters. The first-order valence-corrected chi connectivity index (χ1v) is 10.3. The molecule has 150 valence electrons. The molecule has 8 heteroatoms. The van der Waals surface area contributed by atoms with Crippen molar-refractivity contribution in [3.05, 3.63) is 29.8 Å². The second-order valence-corrected chi connectivity index (χ2v) is 7.33. The largest absolute Gasteiger partial charge is 0.494 e. The monoisotopic (exact) mass is 395 g/mol. The third-order valence-electron chi connectivity index (χ3n) is 4.33. The van der Waals surface area contributed by atoms with E-state index in [1.54, 1.807) is 48.0 Å². The second-order valence-electron chi connectivity index (χ2n) is 6.34. The van der Waals surface area contributed by atoms with Gasteiger partial charge in [-0.05, 0) is 38.2 Å². The van der Waals surface area contributed by atoms with Crippen LogP contribution in [0.25, 0.3) is 0 Å². The summed E-state index contributed by atoms with van der Waals surface area (Å²) in [6, 6.07) is 6.63. The molecule has 1 heterocycles. The van der Waals surface area contributed by atoms with Crippen molar-refractivity contribution in [2.45, 2.75) is 13.0 Å². The molecule has 7 nitrogen and oxygen atoms in total. The van der Waals surface area contributed by atoms with Crippen molar-refractivity contribution in [2.75, 3.05) is 58.6 Å². The highest BCUT2D eigenvalue weighted by molar-refractivity contribution is 7.99. The lowest BCUT2D eigenvalue weighted by Crippen LogP contribution is -2.48. The lowest BCUT2D eigenvalue weighted by Gasteiger charge is -2.24. The van der Waals surface area contributed by atoms with Crippen LogP contribution in [0.15, 0.2) is 24.3 Å². The van der Waals surface area contributed by atoms with Crippen LogP contribution in [0.5, 0.6) is 5.75 Å². The summed E-state index contributed by atoms with van der Waals surface area (Å²) in [5.41, 5.74) is 0.568. The number of carbonyl (C=O) groups is 2. The summed E-state index contributed by atoms with van der Waals surface area (Å²) in [5, 5.41) is 2.95. The first kappa shape index (κ1) is 21.5. The molecule has 1 atom stereocenters. The van der Waals surface area contributed by atoms with Gasteiger partial charge in [0.2, 0.25) is 5.91 Å². The SMILES string of the molecule is CCOc1ccc(C(=O)N2CSCC2C(=O)NCCN(C)CCOC)cc1. The number of nitrogens with one attached hydrogen (secondary N) is 1. The number of likely N-dealkylation sites (N-methyl/N-ethyl adjacent to an activating group) is 1. The number of methoxy groups -OCH3 is 1. The van der Waals surface area contributed by atoms with E-state index in [0.717, 1.165) is 18.8 Å². The van der Waals surface area contributed by atoms with E-state index in [2.05, 4.69) is 10.2 Å². The zero-order chi connectivity index (χ0) is 19.6. The molecule has 0 bridgehead atoms. The topological polar surface area (TPSA) is 71.1 Å². The van der Waals surface area contributed by atoms with Gasteiger partial charge in [0.25, 0.3) is 5.91 Å². The van der Waals surface area contributed by atoms with Crippen molar-refractivity contribution >= 4 is 23.6 Å². The normalized spacial score (nSPS) is 16.6. The van der Waals surface area contributed by atoms with Crippen LogP contribution >= 0.6 is 11.8 Å². The van der Waals surface area contributed by atoms with Gasteiger partial charge in [0, 0.05) is 38.1 Å². The van der Waals surface area contributed by atoms with Crippen LogP contribution in [0.3, 0.4) is 0 Å². The summed E-state index contributed by atoms with van der Waals surface area (Å²) in [6.07, 6.45) is 0. The fourth-order valence-corrected chi connectivity index (χ4v) is 3.89. The van der Waals surface area contributed by atoms with Crippen molar-refractivity contribution in [2.24, 2.45) is 0 Å². The Morgan fingerprint density at radius 1 is 1.30 bits per heavy atom. The van der Waals surface area contributed by atoms with Crippen LogP contribution in [-0.2, 0) is 9.53 Å². The summed E-state index contributed by atoms with van der Waals surface area (Å²) < 4.78 is 10.4. The Labute approximate surface area is 165 Å². The Kier molecular flexibility index (Phi) is 8.90. The Morgan fingerprint density at radius 3 is 2.70 bits per heavy atom. The fourth-order valence-electron chi connectivity index (χ4n) is 2.73. The van der Waals surface area contributed by atoms with Crippen molar-refractivity contribution in [1.82, 2.24) is 15.1 Å². The number of hydrogen-bond acceptors (Lipinski definition) is 6. The smallest absolute Gasteiger partial charge is 0.255 e. The first-order chi connectivity index (χ1) is 13.1. The second kappa shape index (κ2) is 11.2. The Morgan fingerprint density at radius 2 is 2.04 bits per heavy atom. The van der Waals surface area contributed by atoms with Crippen molar-refractivity contribution < 1.29 is 19.1 Å². The molecular formula is C19H29N3O4S. The summed E-state index contributed by atoms with van der Waals surface area (Å²) in [4.78, 5) is 29.1. The number of ether oxygens (including phenoxy) is 2. The van der Waals surface area contributed by atoms with Gasteiger partial charge in [-0.15, -0.1) is 11.8 Å². The van der Waals surface area contributed by atoms with Crippen LogP contribution in [0.1, 0.15) is 17.3 Å². The molecule has 1 aliphatic heterocycles. The zero-order valence-electron chi connectivity index (χ0n) is 16.3. The highest BCUT2D eigenvalue weighted by atomic mass is 32.2. The fraction of sp³-hybridized carbons (Fsp3) is 0.579. The minimum absolute atomic E-state index is 0.0978. The standard InChI is InChI=1S/C19H29N3O4S/c1-4-26-16-7-5-15(6-8-16)19(24)22-14-27-13-17(22)18(23)20-9-10-21(2)11-12-25-3/h5-8,17H,4,9-14H2,1-3H3,(H,20,23). The van der Waals surface area contributed by atoms with Crippen LogP contribution in [0.4, 0.5) is 0 Å².